The highest BCUT2D eigenvalue weighted by Crippen LogP contribution is 2.38. The molecule has 244 valence electrons. The van der Waals surface area contributed by atoms with E-state index < -0.39 is 0 Å². The topological polar surface area (TPSA) is 122 Å². The second kappa shape index (κ2) is 14.9. The molecule has 3 aliphatic rings. The number of anilines is 2. The predicted molar refractivity (Wildman–Crippen MR) is 170 cm³/mol. The van der Waals surface area contributed by atoms with Crippen LogP contribution in [-0.4, -0.2) is 138 Å². The Morgan fingerprint density at radius 2 is 1.82 bits per heavy atom. The van der Waals surface area contributed by atoms with Crippen LogP contribution in [-0.2, 0) is 14.2 Å². The molecule has 5 rings (SSSR count). The summed E-state index contributed by atoms with van der Waals surface area (Å²) in [5.41, 5.74) is 1.83. The van der Waals surface area contributed by atoms with E-state index in [9.17, 15) is 4.79 Å². The molecule has 5 heterocycles. The molecule has 0 spiro atoms. The van der Waals surface area contributed by atoms with Crippen molar-refractivity contribution < 1.29 is 19.0 Å². The second-order valence-electron chi connectivity index (χ2n) is 13.0. The van der Waals surface area contributed by atoms with E-state index in [2.05, 4.69) is 65.6 Å². The summed E-state index contributed by atoms with van der Waals surface area (Å²) >= 11 is 0. The molecule has 0 saturated carbocycles. The van der Waals surface area contributed by atoms with Crippen molar-refractivity contribution in [3.63, 3.8) is 0 Å². The van der Waals surface area contributed by atoms with Crippen molar-refractivity contribution in [1.82, 2.24) is 34.3 Å². The first kappa shape index (κ1) is 32.4. The van der Waals surface area contributed by atoms with Crippen LogP contribution in [0.15, 0.2) is 18.3 Å². The number of carbonyl (C=O) groups excluding carboxylic acids is 1. The van der Waals surface area contributed by atoms with Crippen LogP contribution in [0.1, 0.15) is 57.4 Å². The summed E-state index contributed by atoms with van der Waals surface area (Å²) in [7, 11) is 7.46. The number of nitrogens with zero attached hydrogens (tertiary/aromatic N) is 7. The zero-order valence-corrected chi connectivity index (χ0v) is 27.2. The van der Waals surface area contributed by atoms with Crippen molar-refractivity contribution in [3.8, 4) is 0 Å². The highest BCUT2D eigenvalue weighted by Gasteiger charge is 2.45. The third-order valence-corrected chi connectivity index (χ3v) is 8.86. The Morgan fingerprint density at radius 3 is 2.48 bits per heavy atom. The van der Waals surface area contributed by atoms with Gasteiger partial charge in [0.25, 0.3) is 0 Å². The Balaban J connectivity index is 1.22. The predicted octanol–water partition coefficient (Wildman–Crippen LogP) is 3.06. The highest BCUT2D eigenvalue weighted by atomic mass is 16.6. The molecule has 0 radical (unpaired) electrons. The molecule has 2 N–H and O–H groups in total. The van der Waals surface area contributed by atoms with Gasteiger partial charge in [0.2, 0.25) is 11.9 Å². The molecular formula is C31H51N9O4. The lowest BCUT2D eigenvalue weighted by Crippen LogP contribution is -2.50. The molecule has 2 aromatic rings. The fraction of sp³-hybridized carbons (Fsp3) is 0.742. The van der Waals surface area contributed by atoms with Gasteiger partial charge in [-0.1, -0.05) is 26.0 Å². The van der Waals surface area contributed by atoms with E-state index >= 15 is 0 Å². The van der Waals surface area contributed by atoms with Gasteiger partial charge in [-0.3, -0.25) is 4.90 Å². The van der Waals surface area contributed by atoms with E-state index in [0.717, 1.165) is 69.5 Å². The molecule has 13 nitrogen and oxygen atoms in total. The maximum Gasteiger partial charge on any atom is 0.410 e. The third-order valence-electron chi connectivity index (χ3n) is 8.86. The van der Waals surface area contributed by atoms with Crippen LogP contribution in [0.5, 0.6) is 0 Å². The fourth-order valence-corrected chi connectivity index (χ4v) is 6.72. The lowest BCUT2D eigenvalue weighted by atomic mass is 9.98. The van der Waals surface area contributed by atoms with Crippen molar-refractivity contribution in [1.29, 1.82) is 0 Å². The molecular weight excluding hydrogens is 562 g/mol. The Hall–Kier alpha value is -3.00. The standard InChI is InChI=1S/C31H51N9O4/c1-21(2)27-17-32-40-28(27)35-29(33-23(19-42-5)20-43-6)36-30(40)34-22-15-24-9-10-25(16-22)39(24)31(41)44-26-11-14-38(18-26)13-8-7-12-37(3)4/h7-8,17,21-26H,9-16,18-20H2,1-6H3,(H2,33,34,35,36)/b8-7+. The lowest BCUT2D eigenvalue weighted by molar-refractivity contribution is 0.0404. The fourth-order valence-electron chi connectivity index (χ4n) is 6.72. The molecule has 2 bridgehead atoms. The van der Waals surface area contributed by atoms with Gasteiger partial charge in [0, 0.05) is 64.1 Å². The number of hydrogen-bond donors (Lipinski definition) is 2. The largest absolute Gasteiger partial charge is 0.445 e. The molecule has 2 aromatic heterocycles. The summed E-state index contributed by atoms with van der Waals surface area (Å²) in [5.74, 6) is 1.40. The zero-order valence-electron chi connectivity index (χ0n) is 27.2. The number of aromatic nitrogens is 4. The number of rotatable bonds is 14. The molecule has 1 amide bonds. The van der Waals surface area contributed by atoms with E-state index in [1.807, 2.05) is 11.1 Å². The average molecular weight is 614 g/mol. The smallest absolute Gasteiger partial charge is 0.410 e. The number of ether oxygens (including phenoxy) is 3. The van der Waals surface area contributed by atoms with Gasteiger partial charge in [0.15, 0.2) is 5.65 Å². The molecule has 13 heteroatoms. The first-order valence-electron chi connectivity index (χ1n) is 16.0. The number of amides is 1. The normalized spacial score (nSPS) is 24.1. The molecule has 44 heavy (non-hydrogen) atoms. The molecule has 0 aliphatic carbocycles. The van der Waals surface area contributed by atoms with E-state index in [1.54, 1.807) is 18.7 Å². The van der Waals surface area contributed by atoms with E-state index in [4.69, 9.17) is 24.2 Å². The Labute approximate surface area is 261 Å². The number of carbonyl (C=O) groups is 1. The molecule has 3 atom stereocenters. The Morgan fingerprint density at radius 1 is 1.09 bits per heavy atom. The third kappa shape index (κ3) is 7.79. The lowest BCUT2D eigenvalue weighted by Gasteiger charge is -2.39. The first-order valence-corrected chi connectivity index (χ1v) is 16.0. The molecule has 0 aromatic carbocycles. The van der Waals surface area contributed by atoms with Gasteiger partial charge in [-0.15, -0.1) is 0 Å². The van der Waals surface area contributed by atoms with Crippen molar-refractivity contribution >= 4 is 23.6 Å². The van der Waals surface area contributed by atoms with E-state index in [-0.39, 0.29) is 42.3 Å². The van der Waals surface area contributed by atoms with Crippen LogP contribution in [0.2, 0.25) is 0 Å². The minimum absolute atomic E-state index is 0.0461. The number of piperidine rings is 1. The molecule has 3 aliphatic heterocycles. The van der Waals surface area contributed by atoms with Crippen LogP contribution >= 0.6 is 0 Å². The SMILES string of the molecule is COCC(COC)Nc1nc(NC2CC3CCC(C2)N3C(=O)OC2CCN(C/C=C/CN(C)C)C2)n2ncc(C(C)C)c2n1. The maximum absolute atomic E-state index is 13.4. The highest BCUT2D eigenvalue weighted by molar-refractivity contribution is 5.69. The summed E-state index contributed by atoms with van der Waals surface area (Å²) < 4.78 is 18.6. The monoisotopic (exact) mass is 613 g/mol. The number of likely N-dealkylation sites (N-methyl/N-ethyl adjacent to an activating group) is 1. The van der Waals surface area contributed by atoms with Gasteiger partial charge < -0.3 is 34.6 Å². The number of fused-ring (bicyclic) bond motifs is 3. The Kier molecular flexibility index (Phi) is 10.9. The zero-order chi connectivity index (χ0) is 31.2. The van der Waals surface area contributed by atoms with Gasteiger partial charge in [-0.05, 0) is 52.1 Å². The summed E-state index contributed by atoms with van der Waals surface area (Å²) in [4.78, 5) is 29.6. The number of likely N-dealkylation sites (tertiary alicyclic amines) is 1. The van der Waals surface area contributed by atoms with E-state index in [1.165, 1.54) is 0 Å². The molecule has 3 unspecified atom stereocenters. The van der Waals surface area contributed by atoms with Crippen LogP contribution < -0.4 is 10.6 Å². The van der Waals surface area contributed by atoms with Crippen LogP contribution in [0, 0.1) is 0 Å². The minimum Gasteiger partial charge on any atom is -0.445 e. The summed E-state index contributed by atoms with van der Waals surface area (Å²) in [6.45, 7) is 8.78. The number of methoxy groups -OCH3 is 2. The Bertz CT molecular complexity index is 1250. The summed E-state index contributed by atoms with van der Waals surface area (Å²) in [5, 5.41) is 11.7. The van der Waals surface area contributed by atoms with Gasteiger partial charge in [0.05, 0.1) is 25.5 Å². The number of hydrogen-bond acceptors (Lipinski definition) is 11. The van der Waals surface area contributed by atoms with Crippen LogP contribution in [0.25, 0.3) is 5.65 Å². The molecule has 3 fully saturated rings. The van der Waals surface area contributed by atoms with Gasteiger partial charge >= 0.3 is 6.09 Å². The minimum atomic E-state index is -0.155. The van der Waals surface area contributed by atoms with Gasteiger partial charge in [0.1, 0.15) is 6.10 Å². The van der Waals surface area contributed by atoms with Crippen molar-refractivity contribution in [2.45, 2.75) is 82.1 Å². The van der Waals surface area contributed by atoms with Crippen molar-refractivity contribution in [2.24, 2.45) is 0 Å². The van der Waals surface area contributed by atoms with Crippen LogP contribution in [0.4, 0.5) is 16.7 Å². The summed E-state index contributed by atoms with van der Waals surface area (Å²) in [6.07, 6.45) is 10.6. The number of nitrogens with one attached hydrogen (secondary N) is 2. The first-order chi connectivity index (χ1) is 21.2. The van der Waals surface area contributed by atoms with Crippen molar-refractivity contribution in [3.05, 3.63) is 23.9 Å². The van der Waals surface area contributed by atoms with Gasteiger partial charge in [-0.25, -0.2) is 4.79 Å². The average Bonchev–Trinajstić information content (AvgIpc) is 3.67. The quantitative estimate of drug-likeness (QED) is 0.306. The molecule has 3 saturated heterocycles. The van der Waals surface area contributed by atoms with Crippen molar-refractivity contribution in [2.75, 3.05) is 78.3 Å². The second-order valence-corrected chi connectivity index (χ2v) is 13.0. The van der Waals surface area contributed by atoms with E-state index in [0.29, 0.717) is 25.1 Å². The van der Waals surface area contributed by atoms with Crippen LogP contribution in [0.3, 0.4) is 0 Å². The summed E-state index contributed by atoms with van der Waals surface area (Å²) in [6, 6.07) is 0.356. The van der Waals surface area contributed by atoms with Gasteiger partial charge in [-0.2, -0.15) is 19.6 Å². The maximum atomic E-state index is 13.4.